The van der Waals surface area contributed by atoms with Crippen LogP contribution in [-0.2, 0) is 0 Å². The fraction of sp³-hybridized carbons (Fsp3) is 0.250. The molecule has 2 N–H and O–H groups in total. The monoisotopic (exact) mass is 149 g/mol. The number of aromatic amines is 1. The molecule has 1 heterocycles. The summed E-state index contributed by atoms with van der Waals surface area (Å²) in [7, 11) is 0. The molecule has 0 fully saturated rings. The average molecular weight is 149 g/mol. The van der Waals surface area contributed by atoms with Gasteiger partial charge < -0.3 is 4.98 Å². The first-order valence-corrected chi connectivity index (χ1v) is 3.43. The molecule has 0 radical (unpaired) electrons. The molecule has 11 heavy (non-hydrogen) atoms. The Bertz CT molecular complexity index is 283. The number of aromatic nitrogens is 1. The van der Waals surface area contributed by atoms with E-state index in [4.69, 9.17) is 5.41 Å². The van der Waals surface area contributed by atoms with Crippen molar-refractivity contribution in [2.75, 3.05) is 0 Å². The number of nitrogens with zero attached hydrogens (tertiary/aromatic N) is 1. The minimum Gasteiger partial charge on any atom is -0.358 e. The summed E-state index contributed by atoms with van der Waals surface area (Å²) >= 11 is 0. The lowest BCUT2D eigenvalue weighted by atomic mass is 10.3. The van der Waals surface area contributed by atoms with Gasteiger partial charge in [-0.3, -0.25) is 5.41 Å². The SMILES string of the molecule is CC(=NC=N)c1ccc(C)[nH]1. The molecule has 58 valence electrons. The van der Waals surface area contributed by atoms with Crippen LogP contribution >= 0.6 is 0 Å². The second-order valence-corrected chi connectivity index (χ2v) is 2.40. The van der Waals surface area contributed by atoms with Crippen molar-refractivity contribution in [2.45, 2.75) is 13.8 Å². The Labute approximate surface area is 65.7 Å². The molecule has 0 unspecified atom stereocenters. The van der Waals surface area contributed by atoms with E-state index in [1.807, 2.05) is 26.0 Å². The van der Waals surface area contributed by atoms with Crippen LogP contribution in [0.4, 0.5) is 0 Å². The Morgan fingerprint density at radius 2 is 2.36 bits per heavy atom. The van der Waals surface area contributed by atoms with Gasteiger partial charge in [-0.2, -0.15) is 0 Å². The quantitative estimate of drug-likeness (QED) is 0.475. The summed E-state index contributed by atoms with van der Waals surface area (Å²) in [6, 6.07) is 3.94. The highest BCUT2D eigenvalue weighted by Crippen LogP contribution is 2.01. The second-order valence-electron chi connectivity index (χ2n) is 2.40. The van der Waals surface area contributed by atoms with Crippen molar-refractivity contribution in [1.29, 1.82) is 5.41 Å². The summed E-state index contributed by atoms with van der Waals surface area (Å²) in [6.07, 6.45) is 1.05. The highest BCUT2D eigenvalue weighted by molar-refractivity contribution is 6.00. The van der Waals surface area contributed by atoms with Crippen molar-refractivity contribution >= 4 is 12.1 Å². The third kappa shape index (κ3) is 1.77. The first kappa shape index (κ1) is 7.72. The lowest BCUT2D eigenvalue weighted by Gasteiger charge is -1.92. The number of rotatable bonds is 2. The van der Waals surface area contributed by atoms with Crippen LogP contribution in [-0.4, -0.2) is 17.0 Å². The number of H-pyrrole nitrogens is 1. The van der Waals surface area contributed by atoms with E-state index in [1.165, 1.54) is 0 Å². The molecule has 0 aromatic carbocycles. The molecule has 0 atom stereocenters. The van der Waals surface area contributed by atoms with Crippen molar-refractivity contribution in [3.05, 3.63) is 23.5 Å². The maximum absolute atomic E-state index is 6.76. The van der Waals surface area contributed by atoms with Gasteiger partial charge in [0.15, 0.2) is 0 Å². The minimum atomic E-state index is 0.841. The highest BCUT2D eigenvalue weighted by atomic mass is 14.8. The smallest absolute Gasteiger partial charge is 0.107 e. The predicted molar refractivity (Wildman–Crippen MR) is 46.5 cm³/mol. The molecule has 1 aromatic rings. The van der Waals surface area contributed by atoms with E-state index in [2.05, 4.69) is 9.98 Å². The third-order valence-electron chi connectivity index (χ3n) is 1.48. The Morgan fingerprint density at radius 1 is 1.64 bits per heavy atom. The minimum absolute atomic E-state index is 0.841. The zero-order valence-corrected chi connectivity index (χ0v) is 6.68. The molecule has 1 rings (SSSR count). The molecule has 1 aromatic heterocycles. The van der Waals surface area contributed by atoms with E-state index in [1.54, 1.807) is 0 Å². The van der Waals surface area contributed by atoms with Crippen LogP contribution < -0.4 is 0 Å². The van der Waals surface area contributed by atoms with E-state index >= 15 is 0 Å². The van der Waals surface area contributed by atoms with E-state index in [0.29, 0.717) is 0 Å². The third-order valence-corrected chi connectivity index (χ3v) is 1.48. The Kier molecular flexibility index (Phi) is 2.21. The fourth-order valence-electron chi connectivity index (χ4n) is 0.882. The van der Waals surface area contributed by atoms with E-state index in [-0.39, 0.29) is 0 Å². The number of nitrogens with one attached hydrogen (secondary N) is 2. The lowest BCUT2D eigenvalue weighted by molar-refractivity contribution is 1.24. The van der Waals surface area contributed by atoms with Gasteiger partial charge in [-0.15, -0.1) is 0 Å². The molecule has 0 bridgehead atoms. The molecule has 0 aliphatic carbocycles. The average Bonchev–Trinajstić information content (AvgIpc) is 2.36. The first-order chi connectivity index (χ1) is 5.24. The number of aliphatic imine (C=N–C) groups is 1. The molecule has 0 spiro atoms. The zero-order valence-electron chi connectivity index (χ0n) is 6.68. The van der Waals surface area contributed by atoms with Gasteiger partial charge in [-0.25, -0.2) is 4.99 Å². The van der Waals surface area contributed by atoms with Crippen LogP contribution in [0.2, 0.25) is 0 Å². The standard InChI is InChI=1S/C8H11N3/c1-6-3-4-8(11-6)7(2)10-5-9/h3-5,9,11H,1-2H3. The molecule has 0 saturated carbocycles. The number of aryl methyl sites for hydroxylation is 1. The molecular weight excluding hydrogens is 138 g/mol. The molecule has 0 aliphatic heterocycles. The van der Waals surface area contributed by atoms with Gasteiger partial charge in [0.1, 0.15) is 6.34 Å². The maximum atomic E-state index is 6.76. The number of hydrogen-bond acceptors (Lipinski definition) is 1. The van der Waals surface area contributed by atoms with Crippen molar-refractivity contribution in [3.8, 4) is 0 Å². The fourth-order valence-corrected chi connectivity index (χ4v) is 0.882. The van der Waals surface area contributed by atoms with Crippen molar-refractivity contribution in [3.63, 3.8) is 0 Å². The van der Waals surface area contributed by atoms with E-state index < -0.39 is 0 Å². The van der Waals surface area contributed by atoms with Crippen LogP contribution in [0.1, 0.15) is 18.3 Å². The van der Waals surface area contributed by atoms with Crippen LogP contribution in [0.3, 0.4) is 0 Å². The summed E-state index contributed by atoms with van der Waals surface area (Å²) < 4.78 is 0. The second kappa shape index (κ2) is 3.14. The van der Waals surface area contributed by atoms with Crippen LogP contribution in [0.5, 0.6) is 0 Å². The van der Waals surface area contributed by atoms with Gasteiger partial charge in [0, 0.05) is 5.69 Å². The first-order valence-electron chi connectivity index (χ1n) is 3.43. The highest BCUT2D eigenvalue weighted by Gasteiger charge is 1.96. The van der Waals surface area contributed by atoms with Crippen LogP contribution in [0.15, 0.2) is 17.1 Å². The summed E-state index contributed by atoms with van der Waals surface area (Å²) in [4.78, 5) is 6.96. The van der Waals surface area contributed by atoms with Gasteiger partial charge in [-0.05, 0) is 26.0 Å². The Balaban J connectivity index is 2.93. The van der Waals surface area contributed by atoms with Gasteiger partial charge >= 0.3 is 0 Å². The van der Waals surface area contributed by atoms with Gasteiger partial charge in [0.25, 0.3) is 0 Å². The van der Waals surface area contributed by atoms with Gasteiger partial charge in [-0.1, -0.05) is 0 Å². The predicted octanol–water partition coefficient (Wildman–Crippen LogP) is 1.74. The van der Waals surface area contributed by atoms with Crippen molar-refractivity contribution in [2.24, 2.45) is 4.99 Å². The van der Waals surface area contributed by atoms with Gasteiger partial charge in [0.2, 0.25) is 0 Å². The number of hydrogen-bond donors (Lipinski definition) is 2. The Morgan fingerprint density at radius 3 is 2.82 bits per heavy atom. The summed E-state index contributed by atoms with van der Waals surface area (Å²) in [5.41, 5.74) is 2.93. The maximum Gasteiger partial charge on any atom is 0.107 e. The van der Waals surface area contributed by atoms with Crippen LogP contribution in [0.25, 0.3) is 0 Å². The largest absolute Gasteiger partial charge is 0.358 e. The summed E-state index contributed by atoms with van der Waals surface area (Å²) in [5.74, 6) is 0. The summed E-state index contributed by atoms with van der Waals surface area (Å²) in [6.45, 7) is 3.86. The molecule has 0 aliphatic rings. The van der Waals surface area contributed by atoms with Crippen molar-refractivity contribution in [1.82, 2.24) is 4.98 Å². The summed E-state index contributed by atoms with van der Waals surface area (Å²) in [5, 5.41) is 6.76. The lowest BCUT2D eigenvalue weighted by Crippen LogP contribution is -1.94. The normalized spacial score (nSPS) is 11.6. The van der Waals surface area contributed by atoms with Crippen molar-refractivity contribution < 1.29 is 0 Å². The molecule has 3 heteroatoms. The van der Waals surface area contributed by atoms with E-state index in [0.717, 1.165) is 23.4 Å². The molecular formula is C8H11N3. The topological polar surface area (TPSA) is 52.0 Å². The van der Waals surface area contributed by atoms with E-state index in [9.17, 15) is 0 Å². The molecule has 0 amide bonds. The van der Waals surface area contributed by atoms with Gasteiger partial charge in [0.05, 0.1) is 11.4 Å². The Hall–Kier alpha value is -1.38. The zero-order chi connectivity index (χ0) is 8.27. The van der Waals surface area contributed by atoms with Crippen LogP contribution in [0, 0.1) is 12.3 Å². The molecule has 3 nitrogen and oxygen atoms in total. The molecule has 0 saturated heterocycles.